The first-order chi connectivity index (χ1) is 11.3. The van der Waals surface area contributed by atoms with Gasteiger partial charge in [-0.05, 0) is 36.2 Å². The van der Waals surface area contributed by atoms with Gasteiger partial charge in [0.1, 0.15) is 0 Å². The number of carbonyl (C=O) groups excluding carboxylic acids is 1. The van der Waals surface area contributed by atoms with E-state index < -0.39 is 0 Å². The molecule has 23 heavy (non-hydrogen) atoms. The Bertz CT molecular complexity index is 709. The topological polar surface area (TPSA) is 32.8 Å². The summed E-state index contributed by atoms with van der Waals surface area (Å²) in [4.78, 5) is 17.0. The second-order valence-electron chi connectivity index (χ2n) is 5.99. The van der Waals surface area contributed by atoms with Gasteiger partial charge in [0.15, 0.2) is 0 Å². The van der Waals surface area contributed by atoms with E-state index in [0.29, 0.717) is 0 Å². The number of rotatable bonds is 2. The van der Waals surface area contributed by atoms with Crippen LogP contribution in [0.1, 0.15) is 15.9 Å². The van der Waals surface area contributed by atoms with Gasteiger partial charge in [-0.3, -0.25) is 4.79 Å². The highest BCUT2D eigenvalue weighted by molar-refractivity contribution is 6.07. The van der Waals surface area contributed by atoms with Crippen molar-refractivity contribution in [3.8, 4) is 0 Å². The highest BCUT2D eigenvalue weighted by atomic mass is 16.5. The van der Waals surface area contributed by atoms with Crippen molar-refractivity contribution in [1.29, 1.82) is 0 Å². The molecule has 118 valence electrons. The molecule has 1 saturated heterocycles. The Morgan fingerprint density at radius 1 is 0.957 bits per heavy atom. The van der Waals surface area contributed by atoms with E-state index in [-0.39, 0.29) is 5.91 Å². The standard InChI is InChI=1S/C19H20N2O2/c22-19(16-4-2-1-3-5-16)21-9-8-15-6-7-17(14-18(15)21)20-10-12-23-13-11-20/h1-7,14H,8-13H2. The van der Waals surface area contributed by atoms with E-state index in [0.717, 1.165) is 50.5 Å². The van der Waals surface area contributed by atoms with Gasteiger partial charge in [-0.2, -0.15) is 0 Å². The van der Waals surface area contributed by atoms with Crippen molar-refractivity contribution in [1.82, 2.24) is 0 Å². The summed E-state index contributed by atoms with van der Waals surface area (Å²) in [5.41, 5.74) is 4.24. The first-order valence-corrected chi connectivity index (χ1v) is 8.15. The monoisotopic (exact) mass is 308 g/mol. The van der Waals surface area contributed by atoms with E-state index in [4.69, 9.17) is 4.74 Å². The Hall–Kier alpha value is -2.33. The first-order valence-electron chi connectivity index (χ1n) is 8.15. The lowest BCUT2D eigenvalue weighted by molar-refractivity contribution is 0.0989. The number of amides is 1. The van der Waals surface area contributed by atoms with Gasteiger partial charge in [-0.1, -0.05) is 24.3 Å². The minimum Gasteiger partial charge on any atom is -0.378 e. The smallest absolute Gasteiger partial charge is 0.258 e. The third kappa shape index (κ3) is 2.70. The van der Waals surface area contributed by atoms with Crippen LogP contribution in [-0.2, 0) is 11.2 Å². The summed E-state index contributed by atoms with van der Waals surface area (Å²) in [5.74, 6) is 0.0866. The molecule has 2 aliphatic rings. The first kappa shape index (κ1) is 14.3. The van der Waals surface area contributed by atoms with E-state index in [1.165, 1.54) is 11.3 Å². The third-order valence-corrected chi connectivity index (χ3v) is 4.61. The molecule has 0 spiro atoms. The molecule has 2 heterocycles. The van der Waals surface area contributed by atoms with Crippen molar-refractivity contribution in [2.24, 2.45) is 0 Å². The average molecular weight is 308 g/mol. The lowest BCUT2D eigenvalue weighted by Gasteiger charge is -2.29. The average Bonchev–Trinajstić information content (AvgIpc) is 3.05. The van der Waals surface area contributed by atoms with Crippen LogP contribution in [0.5, 0.6) is 0 Å². The summed E-state index contributed by atoms with van der Waals surface area (Å²) in [6.07, 6.45) is 0.928. The molecule has 4 nitrogen and oxygen atoms in total. The van der Waals surface area contributed by atoms with Crippen LogP contribution >= 0.6 is 0 Å². The molecule has 1 amide bonds. The number of carbonyl (C=O) groups is 1. The summed E-state index contributed by atoms with van der Waals surface area (Å²) in [5, 5.41) is 0. The van der Waals surface area contributed by atoms with E-state index in [9.17, 15) is 4.79 Å². The number of ether oxygens (including phenoxy) is 1. The number of fused-ring (bicyclic) bond motifs is 1. The zero-order chi connectivity index (χ0) is 15.6. The lowest BCUT2D eigenvalue weighted by atomic mass is 10.1. The number of hydrogen-bond acceptors (Lipinski definition) is 3. The summed E-state index contributed by atoms with van der Waals surface area (Å²) in [7, 11) is 0. The molecule has 0 unspecified atom stereocenters. The molecule has 1 fully saturated rings. The molecule has 0 aliphatic carbocycles. The predicted octanol–water partition coefficient (Wildman–Crippen LogP) is 2.73. The number of anilines is 2. The fourth-order valence-electron chi connectivity index (χ4n) is 3.33. The maximum absolute atomic E-state index is 12.8. The van der Waals surface area contributed by atoms with Crippen LogP contribution in [0.4, 0.5) is 11.4 Å². The Kier molecular flexibility index (Phi) is 3.75. The van der Waals surface area contributed by atoms with Crippen molar-refractivity contribution >= 4 is 17.3 Å². The minimum atomic E-state index is 0.0866. The highest BCUT2D eigenvalue weighted by Gasteiger charge is 2.26. The molecule has 0 atom stereocenters. The van der Waals surface area contributed by atoms with Crippen molar-refractivity contribution in [2.45, 2.75) is 6.42 Å². The van der Waals surface area contributed by atoms with Gasteiger partial charge < -0.3 is 14.5 Å². The highest BCUT2D eigenvalue weighted by Crippen LogP contribution is 2.33. The van der Waals surface area contributed by atoms with Crippen LogP contribution in [0.25, 0.3) is 0 Å². The molecule has 2 aromatic carbocycles. The van der Waals surface area contributed by atoms with Gasteiger partial charge >= 0.3 is 0 Å². The number of nitrogens with zero attached hydrogens (tertiary/aromatic N) is 2. The van der Waals surface area contributed by atoms with Crippen molar-refractivity contribution < 1.29 is 9.53 Å². The van der Waals surface area contributed by atoms with Crippen LogP contribution in [0.2, 0.25) is 0 Å². The van der Waals surface area contributed by atoms with Gasteiger partial charge in [0, 0.05) is 36.6 Å². The van der Waals surface area contributed by atoms with Crippen LogP contribution in [0.3, 0.4) is 0 Å². The molecule has 0 aromatic heterocycles. The van der Waals surface area contributed by atoms with Crippen molar-refractivity contribution in [2.75, 3.05) is 42.6 Å². The quantitative estimate of drug-likeness (QED) is 0.855. The molecular formula is C19H20N2O2. The van der Waals surface area contributed by atoms with Crippen LogP contribution in [-0.4, -0.2) is 38.8 Å². The largest absolute Gasteiger partial charge is 0.378 e. The van der Waals surface area contributed by atoms with E-state index in [2.05, 4.69) is 23.1 Å². The van der Waals surface area contributed by atoms with Crippen LogP contribution < -0.4 is 9.80 Å². The number of hydrogen-bond donors (Lipinski definition) is 0. The van der Waals surface area contributed by atoms with Crippen LogP contribution in [0, 0.1) is 0 Å². The van der Waals surface area contributed by atoms with E-state index in [1.54, 1.807) is 0 Å². The molecule has 2 aromatic rings. The Morgan fingerprint density at radius 3 is 2.52 bits per heavy atom. The molecule has 4 rings (SSSR count). The molecular weight excluding hydrogens is 288 g/mol. The van der Waals surface area contributed by atoms with Crippen molar-refractivity contribution in [3.05, 3.63) is 59.7 Å². The Balaban J connectivity index is 1.63. The fraction of sp³-hybridized carbons (Fsp3) is 0.316. The van der Waals surface area contributed by atoms with Crippen molar-refractivity contribution in [3.63, 3.8) is 0 Å². The molecule has 2 aliphatic heterocycles. The molecule has 0 N–H and O–H groups in total. The van der Waals surface area contributed by atoms with E-state index in [1.807, 2.05) is 35.2 Å². The van der Waals surface area contributed by atoms with Gasteiger partial charge in [-0.25, -0.2) is 0 Å². The minimum absolute atomic E-state index is 0.0866. The Labute approximate surface area is 136 Å². The van der Waals surface area contributed by atoms with E-state index >= 15 is 0 Å². The molecule has 0 saturated carbocycles. The Morgan fingerprint density at radius 2 is 1.74 bits per heavy atom. The normalized spacial score (nSPS) is 17.2. The predicted molar refractivity (Wildman–Crippen MR) is 91.3 cm³/mol. The fourth-order valence-corrected chi connectivity index (χ4v) is 3.33. The zero-order valence-electron chi connectivity index (χ0n) is 13.1. The van der Waals surface area contributed by atoms with Gasteiger partial charge in [0.05, 0.1) is 13.2 Å². The number of benzene rings is 2. The maximum atomic E-state index is 12.8. The summed E-state index contributed by atoms with van der Waals surface area (Å²) in [6.45, 7) is 4.11. The second kappa shape index (κ2) is 6.05. The van der Waals surface area contributed by atoms with Gasteiger partial charge in [-0.15, -0.1) is 0 Å². The zero-order valence-corrected chi connectivity index (χ0v) is 13.1. The molecule has 0 bridgehead atoms. The second-order valence-corrected chi connectivity index (χ2v) is 5.99. The summed E-state index contributed by atoms with van der Waals surface area (Å²) < 4.78 is 5.42. The lowest BCUT2D eigenvalue weighted by Crippen LogP contribution is -2.36. The molecule has 0 radical (unpaired) electrons. The third-order valence-electron chi connectivity index (χ3n) is 4.61. The number of morpholine rings is 1. The van der Waals surface area contributed by atoms with Gasteiger partial charge in [0.2, 0.25) is 0 Å². The summed E-state index contributed by atoms with van der Waals surface area (Å²) in [6, 6.07) is 16.0. The van der Waals surface area contributed by atoms with Gasteiger partial charge in [0.25, 0.3) is 5.91 Å². The summed E-state index contributed by atoms with van der Waals surface area (Å²) >= 11 is 0. The molecule has 4 heteroatoms. The van der Waals surface area contributed by atoms with Crippen LogP contribution in [0.15, 0.2) is 48.5 Å². The SMILES string of the molecule is O=C(c1ccccc1)N1CCc2ccc(N3CCOCC3)cc21. The maximum Gasteiger partial charge on any atom is 0.258 e.